The van der Waals surface area contributed by atoms with E-state index < -0.39 is 4.92 Å². The van der Waals surface area contributed by atoms with Crippen LogP contribution in [0, 0.1) is 10.1 Å². The average Bonchev–Trinajstić information content (AvgIpc) is 2.78. The molecular formula is C11H11BrN4O2. The number of rotatable bonds is 4. The summed E-state index contributed by atoms with van der Waals surface area (Å²) in [5.41, 5.74) is 1.42. The maximum atomic E-state index is 10.7. The van der Waals surface area contributed by atoms with Crippen LogP contribution in [-0.2, 0) is 0 Å². The summed E-state index contributed by atoms with van der Waals surface area (Å²) in [5.74, 6) is -0.126. The molecule has 0 amide bonds. The van der Waals surface area contributed by atoms with Gasteiger partial charge >= 0.3 is 5.82 Å². The van der Waals surface area contributed by atoms with Crippen molar-refractivity contribution in [2.75, 3.05) is 5.32 Å². The van der Waals surface area contributed by atoms with Crippen LogP contribution in [0.4, 0.5) is 11.5 Å². The monoisotopic (exact) mass is 310 g/mol. The van der Waals surface area contributed by atoms with Gasteiger partial charge in [-0.1, -0.05) is 33.2 Å². The number of aromatic amines is 1. The minimum Gasteiger partial charge on any atom is -0.370 e. The molecule has 2 aromatic rings. The van der Waals surface area contributed by atoms with Crippen LogP contribution in [0.2, 0.25) is 0 Å². The Labute approximate surface area is 112 Å². The second-order valence-electron chi connectivity index (χ2n) is 3.81. The van der Waals surface area contributed by atoms with E-state index in [0.29, 0.717) is 5.69 Å². The van der Waals surface area contributed by atoms with E-state index in [0.717, 1.165) is 10.0 Å². The number of aromatic nitrogens is 2. The van der Waals surface area contributed by atoms with Gasteiger partial charge in [0.05, 0.1) is 0 Å². The molecule has 1 unspecified atom stereocenters. The van der Waals surface area contributed by atoms with E-state index in [-0.39, 0.29) is 11.9 Å². The predicted molar refractivity (Wildman–Crippen MR) is 71.4 cm³/mol. The summed E-state index contributed by atoms with van der Waals surface area (Å²) in [4.78, 5) is 10.2. The molecular weight excluding hydrogens is 300 g/mol. The number of nitrogens with zero attached hydrogens (tertiary/aromatic N) is 2. The van der Waals surface area contributed by atoms with E-state index in [1.807, 2.05) is 31.2 Å². The zero-order valence-electron chi connectivity index (χ0n) is 9.55. The molecule has 0 spiro atoms. The van der Waals surface area contributed by atoms with Crippen LogP contribution >= 0.6 is 15.9 Å². The highest BCUT2D eigenvalue weighted by Crippen LogP contribution is 2.26. The van der Waals surface area contributed by atoms with E-state index in [2.05, 4.69) is 31.4 Å². The van der Waals surface area contributed by atoms with Gasteiger partial charge in [-0.3, -0.25) is 0 Å². The van der Waals surface area contributed by atoms with Crippen molar-refractivity contribution in [3.8, 4) is 0 Å². The van der Waals surface area contributed by atoms with Crippen molar-refractivity contribution in [1.82, 2.24) is 10.2 Å². The molecule has 1 atom stereocenters. The van der Waals surface area contributed by atoms with Gasteiger partial charge in [-0.25, -0.2) is 0 Å². The molecule has 1 heterocycles. The van der Waals surface area contributed by atoms with Crippen LogP contribution in [0.3, 0.4) is 0 Å². The standard InChI is InChI=1S/C11H11BrN4O2/c1-7(8-2-4-9(12)5-3-8)14-10-6-13-15-11(10)16(17)18/h2-7,14H,1H3,(H,13,15). The van der Waals surface area contributed by atoms with Gasteiger partial charge in [-0.05, 0) is 29.5 Å². The molecule has 0 aliphatic carbocycles. The highest BCUT2D eigenvalue weighted by molar-refractivity contribution is 9.10. The number of halogens is 1. The Balaban J connectivity index is 2.16. The van der Waals surface area contributed by atoms with Gasteiger partial charge in [-0.2, -0.15) is 0 Å². The van der Waals surface area contributed by atoms with Crippen molar-refractivity contribution in [2.45, 2.75) is 13.0 Å². The van der Waals surface area contributed by atoms with Gasteiger partial charge in [0.25, 0.3) is 0 Å². The second kappa shape index (κ2) is 5.18. The quantitative estimate of drug-likeness (QED) is 0.670. The van der Waals surface area contributed by atoms with Crippen LogP contribution in [-0.4, -0.2) is 15.1 Å². The summed E-state index contributed by atoms with van der Waals surface area (Å²) in [7, 11) is 0. The largest absolute Gasteiger partial charge is 0.370 e. The summed E-state index contributed by atoms with van der Waals surface area (Å²) < 4.78 is 0.993. The predicted octanol–water partition coefficient (Wildman–Crippen LogP) is 3.25. The topological polar surface area (TPSA) is 83.8 Å². The molecule has 0 saturated carbocycles. The summed E-state index contributed by atoms with van der Waals surface area (Å²) >= 11 is 3.36. The van der Waals surface area contributed by atoms with Gasteiger partial charge in [0.15, 0.2) is 5.69 Å². The summed E-state index contributed by atoms with van der Waals surface area (Å²) in [6.07, 6.45) is 1.41. The molecule has 0 fully saturated rings. The summed E-state index contributed by atoms with van der Waals surface area (Å²) in [5, 5.41) is 19.8. The van der Waals surface area contributed by atoms with Gasteiger partial charge in [-0.15, -0.1) is 5.10 Å². The zero-order valence-corrected chi connectivity index (χ0v) is 11.1. The van der Waals surface area contributed by atoms with Gasteiger partial charge in [0.1, 0.15) is 6.20 Å². The highest BCUT2D eigenvalue weighted by atomic mass is 79.9. The lowest BCUT2D eigenvalue weighted by Crippen LogP contribution is -2.07. The van der Waals surface area contributed by atoms with E-state index in [9.17, 15) is 10.1 Å². The first-order valence-corrected chi connectivity index (χ1v) is 6.07. The van der Waals surface area contributed by atoms with Gasteiger partial charge in [0.2, 0.25) is 0 Å². The van der Waals surface area contributed by atoms with E-state index in [1.54, 1.807) is 0 Å². The SMILES string of the molecule is CC(Nc1cn[nH]c1[N+](=O)[O-])c1ccc(Br)cc1. The van der Waals surface area contributed by atoms with E-state index >= 15 is 0 Å². The van der Waals surface area contributed by atoms with Crippen molar-refractivity contribution >= 4 is 27.4 Å². The van der Waals surface area contributed by atoms with E-state index in [1.165, 1.54) is 6.20 Å². The molecule has 7 heteroatoms. The Hall–Kier alpha value is -1.89. The number of hydrogen-bond donors (Lipinski definition) is 2. The highest BCUT2D eigenvalue weighted by Gasteiger charge is 2.17. The molecule has 0 radical (unpaired) electrons. The fourth-order valence-electron chi connectivity index (χ4n) is 1.59. The third-order valence-electron chi connectivity index (χ3n) is 2.54. The number of nitro groups is 1. The molecule has 2 rings (SSSR count). The van der Waals surface area contributed by atoms with Crippen molar-refractivity contribution in [1.29, 1.82) is 0 Å². The first-order valence-electron chi connectivity index (χ1n) is 5.27. The van der Waals surface area contributed by atoms with Crippen LogP contribution in [0.1, 0.15) is 18.5 Å². The molecule has 0 bridgehead atoms. The van der Waals surface area contributed by atoms with Crippen molar-refractivity contribution in [2.24, 2.45) is 0 Å². The Morgan fingerprint density at radius 3 is 2.72 bits per heavy atom. The average molecular weight is 311 g/mol. The van der Waals surface area contributed by atoms with Crippen molar-refractivity contribution in [3.63, 3.8) is 0 Å². The smallest absolute Gasteiger partial charge is 0.366 e. The number of benzene rings is 1. The van der Waals surface area contributed by atoms with Crippen molar-refractivity contribution < 1.29 is 4.92 Å². The number of nitrogens with one attached hydrogen (secondary N) is 2. The Bertz CT molecular complexity index is 552. The normalized spacial score (nSPS) is 12.1. The number of hydrogen-bond acceptors (Lipinski definition) is 4. The molecule has 0 aliphatic rings. The van der Waals surface area contributed by atoms with Crippen LogP contribution in [0.5, 0.6) is 0 Å². The molecule has 1 aromatic carbocycles. The maximum Gasteiger partial charge on any atom is 0.366 e. The lowest BCUT2D eigenvalue weighted by molar-refractivity contribution is -0.388. The van der Waals surface area contributed by atoms with Gasteiger partial charge < -0.3 is 15.4 Å². The minimum absolute atomic E-state index is 0.0469. The molecule has 0 saturated heterocycles. The molecule has 18 heavy (non-hydrogen) atoms. The fraction of sp³-hybridized carbons (Fsp3) is 0.182. The van der Waals surface area contributed by atoms with Gasteiger partial charge in [0, 0.05) is 10.5 Å². The molecule has 2 N–H and O–H groups in total. The van der Waals surface area contributed by atoms with E-state index in [4.69, 9.17) is 0 Å². The van der Waals surface area contributed by atoms with Crippen LogP contribution in [0.15, 0.2) is 34.9 Å². The molecule has 1 aromatic heterocycles. The van der Waals surface area contributed by atoms with Crippen LogP contribution < -0.4 is 5.32 Å². The number of anilines is 1. The summed E-state index contributed by atoms with van der Waals surface area (Å²) in [6.45, 7) is 1.93. The lowest BCUT2D eigenvalue weighted by atomic mass is 10.1. The Kier molecular flexibility index (Phi) is 3.61. The first-order chi connectivity index (χ1) is 8.58. The van der Waals surface area contributed by atoms with Crippen LogP contribution in [0.25, 0.3) is 0 Å². The maximum absolute atomic E-state index is 10.7. The third-order valence-corrected chi connectivity index (χ3v) is 3.07. The molecule has 0 aliphatic heterocycles. The lowest BCUT2D eigenvalue weighted by Gasteiger charge is -2.13. The van der Waals surface area contributed by atoms with Crippen molar-refractivity contribution in [3.05, 3.63) is 50.6 Å². The number of H-pyrrole nitrogens is 1. The molecule has 94 valence electrons. The Morgan fingerprint density at radius 2 is 2.11 bits per heavy atom. The molecule has 6 nitrogen and oxygen atoms in total. The second-order valence-corrected chi connectivity index (χ2v) is 4.72. The third kappa shape index (κ3) is 2.67. The zero-order chi connectivity index (χ0) is 13.1. The summed E-state index contributed by atoms with van der Waals surface area (Å²) in [6, 6.07) is 7.71. The minimum atomic E-state index is -0.496. The first kappa shape index (κ1) is 12.6. The fourth-order valence-corrected chi connectivity index (χ4v) is 1.86. The Morgan fingerprint density at radius 1 is 1.44 bits per heavy atom.